The summed E-state index contributed by atoms with van der Waals surface area (Å²) in [7, 11) is -4.56. The van der Waals surface area contributed by atoms with Crippen LogP contribution >= 0.6 is 0 Å². The molecule has 1 N–H and O–H groups in total. The number of rotatable bonds is 10. The van der Waals surface area contributed by atoms with E-state index in [0.29, 0.717) is 0 Å². The van der Waals surface area contributed by atoms with Crippen molar-refractivity contribution < 1.29 is 26.4 Å². The van der Waals surface area contributed by atoms with Crippen molar-refractivity contribution in [2.24, 2.45) is 0 Å². The van der Waals surface area contributed by atoms with E-state index in [-0.39, 0.29) is 28.4 Å². The van der Waals surface area contributed by atoms with Gasteiger partial charge in [0.25, 0.3) is 0 Å². The van der Waals surface area contributed by atoms with Crippen LogP contribution in [0.4, 0.5) is 0 Å². The van der Waals surface area contributed by atoms with Crippen LogP contribution in [-0.2, 0) is 24.8 Å². The summed E-state index contributed by atoms with van der Waals surface area (Å²) in [6.07, 6.45) is 0.202. The lowest BCUT2D eigenvalue weighted by atomic mass is 10.1. The second kappa shape index (κ2) is 11.1. The largest absolute Gasteiger partial charge is 0.462 e. The Hall–Kier alpha value is -3.05. The molecule has 0 unspecified atom stereocenters. The van der Waals surface area contributed by atoms with E-state index < -0.39 is 32.1 Å². The summed E-state index contributed by atoms with van der Waals surface area (Å²) in [5.74, 6) is -0.632. The van der Waals surface area contributed by atoms with Crippen molar-refractivity contribution in [3.8, 4) is 0 Å². The van der Waals surface area contributed by atoms with Crippen LogP contribution in [0, 0.1) is 6.92 Å². The Labute approximate surface area is 206 Å². The van der Waals surface area contributed by atoms with Gasteiger partial charge in [-0.1, -0.05) is 48.0 Å². The number of hydrogen-bond donors (Lipinski definition) is 1. The molecule has 35 heavy (non-hydrogen) atoms. The SMILES string of the molecule is Cc1ccc(S(=O)(=O)N[C@@H](CCOC(=O)c2ccc(S(=O)(=O)N(C)C)cc2)c2ccccc2)cc1. The van der Waals surface area contributed by atoms with Crippen LogP contribution < -0.4 is 4.72 Å². The summed E-state index contributed by atoms with van der Waals surface area (Å²) in [6.45, 7) is 1.83. The quantitative estimate of drug-likeness (QED) is 0.413. The highest BCUT2D eigenvalue weighted by atomic mass is 32.2. The first-order valence-corrected chi connectivity index (χ1v) is 13.8. The summed E-state index contributed by atoms with van der Waals surface area (Å²) >= 11 is 0. The van der Waals surface area contributed by atoms with Crippen molar-refractivity contribution >= 4 is 26.0 Å². The number of carbonyl (C=O) groups is 1. The van der Waals surface area contributed by atoms with Gasteiger partial charge in [0.1, 0.15) is 0 Å². The van der Waals surface area contributed by atoms with Gasteiger partial charge in [0, 0.05) is 20.5 Å². The van der Waals surface area contributed by atoms with Crippen LogP contribution in [0.1, 0.15) is 33.9 Å². The number of nitrogens with one attached hydrogen (secondary N) is 1. The standard InChI is InChI=1S/C25H28N2O6S2/c1-19-9-13-22(14-10-19)34(29,30)26-24(20-7-5-4-6-8-20)17-18-33-25(28)21-11-15-23(16-12-21)35(31,32)27(2)3/h4-16,24,26H,17-18H2,1-3H3/t24-/m0/s1. The van der Waals surface area contributed by atoms with Gasteiger partial charge in [-0.3, -0.25) is 0 Å². The lowest BCUT2D eigenvalue weighted by molar-refractivity contribution is 0.0492. The minimum atomic E-state index is -3.80. The van der Waals surface area contributed by atoms with Crippen LogP contribution in [-0.4, -0.2) is 47.8 Å². The van der Waals surface area contributed by atoms with Gasteiger partial charge in [0.15, 0.2) is 0 Å². The molecule has 3 rings (SSSR count). The highest BCUT2D eigenvalue weighted by Gasteiger charge is 2.22. The van der Waals surface area contributed by atoms with E-state index in [0.717, 1.165) is 15.4 Å². The number of aryl methyl sites for hydroxylation is 1. The maximum Gasteiger partial charge on any atom is 0.338 e. The fraction of sp³-hybridized carbons (Fsp3) is 0.240. The molecule has 0 fully saturated rings. The van der Waals surface area contributed by atoms with Crippen molar-refractivity contribution in [2.75, 3.05) is 20.7 Å². The van der Waals surface area contributed by atoms with Gasteiger partial charge in [-0.15, -0.1) is 0 Å². The predicted molar refractivity (Wildman–Crippen MR) is 133 cm³/mol. The molecule has 0 saturated heterocycles. The third kappa shape index (κ3) is 6.76. The maximum absolute atomic E-state index is 12.9. The number of carbonyl (C=O) groups excluding carboxylic acids is 1. The minimum Gasteiger partial charge on any atom is -0.462 e. The summed E-state index contributed by atoms with van der Waals surface area (Å²) in [6, 6.07) is 20.4. The molecule has 0 saturated carbocycles. The van der Waals surface area contributed by atoms with Gasteiger partial charge in [-0.2, -0.15) is 0 Å². The van der Waals surface area contributed by atoms with Crippen molar-refractivity contribution in [3.63, 3.8) is 0 Å². The Morgan fingerprint density at radius 2 is 1.43 bits per heavy atom. The van der Waals surface area contributed by atoms with E-state index in [4.69, 9.17) is 4.74 Å². The van der Waals surface area contributed by atoms with Gasteiger partial charge in [0.2, 0.25) is 20.0 Å². The van der Waals surface area contributed by atoms with E-state index >= 15 is 0 Å². The molecule has 0 spiro atoms. The second-order valence-electron chi connectivity index (χ2n) is 8.13. The highest BCUT2D eigenvalue weighted by Crippen LogP contribution is 2.21. The molecule has 3 aromatic carbocycles. The fourth-order valence-electron chi connectivity index (χ4n) is 3.28. The Morgan fingerprint density at radius 3 is 2.00 bits per heavy atom. The molecule has 8 nitrogen and oxygen atoms in total. The van der Waals surface area contributed by atoms with Gasteiger partial charge >= 0.3 is 5.97 Å². The lowest BCUT2D eigenvalue weighted by Gasteiger charge is -2.19. The molecule has 0 radical (unpaired) electrons. The summed E-state index contributed by atoms with van der Waals surface area (Å²) in [5, 5.41) is 0. The Bertz CT molecular complexity index is 1350. The zero-order valence-corrected chi connectivity index (χ0v) is 21.3. The first-order valence-electron chi connectivity index (χ1n) is 10.8. The molecule has 0 aliphatic heterocycles. The summed E-state index contributed by atoms with van der Waals surface area (Å²) in [4.78, 5) is 12.7. The molecule has 0 aliphatic carbocycles. The van der Waals surface area contributed by atoms with Crippen LogP contribution in [0.15, 0.2) is 88.7 Å². The summed E-state index contributed by atoms with van der Waals surface area (Å²) in [5.41, 5.74) is 1.87. The number of ether oxygens (including phenoxy) is 1. The van der Waals surface area contributed by atoms with E-state index in [1.165, 1.54) is 38.4 Å². The molecule has 1 atom stereocenters. The average molecular weight is 517 g/mol. The van der Waals surface area contributed by atoms with E-state index in [9.17, 15) is 21.6 Å². The van der Waals surface area contributed by atoms with Gasteiger partial charge in [0.05, 0.1) is 28.0 Å². The molecule has 10 heteroatoms. The normalized spacial score (nSPS) is 12.9. The van der Waals surface area contributed by atoms with Gasteiger partial charge in [-0.25, -0.2) is 30.7 Å². The zero-order valence-electron chi connectivity index (χ0n) is 19.7. The predicted octanol–water partition coefficient (Wildman–Crippen LogP) is 3.51. The van der Waals surface area contributed by atoms with Crippen LogP contribution in [0.25, 0.3) is 0 Å². The Morgan fingerprint density at radius 1 is 0.857 bits per heavy atom. The lowest BCUT2D eigenvalue weighted by Crippen LogP contribution is -2.30. The van der Waals surface area contributed by atoms with Crippen LogP contribution in [0.3, 0.4) is 0 Å². The number of sulfonamides is 2. The Balaban J connectivity index is 1.69. The monoisotopic (exact) mass is 516 g/mol. The molecule has 0 amide bonds. The van der Waals surface area contributed by atoms with E-state index in [1.807, 2.05) is 13.0 Å². The van der Waals surface area contributed by atoms with Crippen molar-refractivity contribution in [1.29, 1.82) is 0 Å². The molecular formula is C25H28N2O6S2. The number of esters is 1. The molecule has 0 heterocycles. The molecule has 3 aromatic rings. The Kier molecular flexibility index (Phi) is 8.44. The number of benzene rings is 3. The molecule has 0 bridgehead atoms. The van der Waals surface area contributed by atoms with Crippen molar-refractivity contribution in [2.45, 2.75) is 29.2 Å². The first kappa shape index (κ1) is 26.6. The third-order valence-electron chi connectivity index (χ3n) is 5.34. The minimum absolute atomic E-state index is 0.0490. The van der Waals surface area contributed by atoms with E-state index in [1.54, 1.807) is 48.5 Å². The van der Waals surface area contributed by atoms with E-state index in [2.05, 4.69) is 4.72 Å². The zero-order chi connectivity index (χ0) is 25.6. The first-order chi connectivity index (χ1) is 16.5. The molecule has 186 valence electrons. The average Bonchev–Trinajstić information content (AvgIpc) is 2.84. The van der Waals surface area contributed by atoms with Crippen LogP contribution in [0.5, 0.6) is 0 Å². The smallest absolute Gasteiger partial charge is 0.338 e. The summed E-state index contributed by atoms with van der Waals surface area (Å²) < 4.78 is 59.4. The fourth-order valence-corrected chi connectivity index (χ4v) is 5.44. The van der Waals surface area contributed by atoms with Crippen molar-refractivity contribution in [1.82, 2.24) is 9.03 Å². The number of hydrogen-bond acceptors (Lipinski definition) is 6. The number of nitrogens with zero attached hydrogens (tertiary/aromatic N) is 1. The molecule has 0 aromatic heterocycles. The highest BCUT2D eigenvalue weighted by molar-refractivity contribution is 7.89. The topological polar surface area (TPSA) is 110 Å². The third-order valence-corrected chi connectivity index (χ3v) is 8.66. The van der Waals surface area contributed by atoms with Crippen molar-refractivity contribution in [3.05, 3.63) is 95.6 Å². The van der Waals surface area contributed by atoms with Gasteiger partial charge in [-0.05, 0) is 48.9 Å². The van der Waals surface area contributed by atoms with Crippen LogP contribution in [0.2, 0.25) is 0 Å². The maximum atomic E-state index is 12.9. The molecular weight excluding hydrogens is 488 g/mol. The molecule has 0 aliphatic rings. The second-order valence-corrected chi connectivity index (χ2v) is 12.0. The van der Waals surface area contributed by atoms with Gasteiger partial charge < -0.3 is 4.74 Å².